The van der Waals surface area contributed by atoms with Gasteiger partial charge in [0, 0.05) is 11.1 Å². The first-order chi connectivity index (χ1) is 9.36. The van der Waals surface area contributed by atoms with Crippen molar-refractivity contribution in [3.63, 3.8) is 0 Å². The molecule has 2 N–H and O–H groups in total. The number of rotatable bonds is 5. The van der Waals surface area contributed by atoms with Crippen molar-refractivity contribution in [2.45, 2.75) is 27.7 Å². The third-order valence-electron chi connectivity index (χ3n) is 2.91. The molecule has 0 aliphatic carbocycles. The molecule has 0 heterocycles. The summed E-state index contributed by atoms with van der Waals surface area (Å²) in [6.45, 7) is 7.14. The summed E-state index contributed by atoms with van der Waals surface area (Å²) < 4.78 is 5.46. The smallest absolute Gasteiger partial charge is 0.331 e. The number of aliphatic carboxylic acids is 1. The minimum atomic E-state index is -1.11. The van der Waals surface area contributed by atoms with E-state index >= 15 is 0 Å². The van der Waals surface area contributed by atoms with Gasteiger partial charge in [0.25, 0.3) is 5.91 Å². The van der Waals surface area contributed by atoms with E-state index in [2.05, 4.69) is 5.32 Å². The SMILES string of the molecule is CCOc1cc(C)ccc1NC(=O)C(C)=C(C)C(=O)O. The average Bonchev–Trinajstić information content (AvgIpc) is 2.40. The zero-order chi connectivity index (χ0) is 15.3. The van der Waals surface area contributed by atoms with Gasteiger partial charge in [0.2, 0.25) is 0 Å². The molecular formula is C15H19NO4. The number of aryl methyl sites for hydroxylation is 1. The fraction of sp³-hybridized carbons (Fsp3) is 0.333. The topological polar surface area (TPSA) is 75.6 Å². The first-order valence-corrected chi connectivity index (χ1v) is 6.32. The van der Waals surface area contributed by atoms with Gasteiger partial charge in [-0.25, -0.2) is 4.79 Å². The van der Waals surface area contributed by atoms with Crippen LogP contribution in [0.4, 0.5) is 5.69 Å². The van der Waals surface area contributed by atoms with E-state index in [4.69, 9.17) is 9.84 Å². The van der Waals surface area contributed by atoms with Crippen LogP contribution in [0.2, 0.25) is 0 Å². The number of carbonyl (C=O) groups excluding carboxylic acids is 1. The van der Waals surface area contributed by atoms with Gasteiger partial charge in [-0.05, 0) is 45.4 Å². The molecule has 0 spiro atoms. The van der Waals surface area contributed by atoms with E-state index in [0.29, 0.717) is 18.0 Å². The molecule has 0 unspecified atom stereocenters. The van der Waals surface area contributed by atoms with Crippen LogP contribution >= 0.6 is 0 Å². The molecule has 0 aromatic heterocycles. The van der Waals surface area contributed by atoms with E-state index < -0.39 is 11.9 Å². The highest BCUT2D eigenvalue weighted by Gasteiger charge is 2.14. The van der Waals surface area contributed by atoms with Crippen LogP contribution in [0.1, 0.15) is 26.3 Å². The Bertz CT molecular complexity index is 561. The second-order valence-corrected chi connectivity index (χ2v) is 4.44. The third kappa shape index (κ3) is 3.85. The number of anilines is 1. The molecule has 108 valence electrons. The molecule has 0 atom stereocenters. The van der Waals surface area contributed by atoms with E-state index in [0.717, 1.165) is 5.56 Å². The van der Waals surface area contributed by atoms with Gasteiger partial charge >= 0.3 is 5.97 Å². The number of amides is 1. The summed E-state index contributed by atoms with van der Waals surface area (Å²) in [5.74, 6) is -0.983. The normalized spacial score (nSPS) is 11.6. The summed E-state index contributed by atoms with van der Waals surface area (Å²) >= 11 is 0. The van der Waals surface area contributed by atoms with Gasteiger partial charge in [-0.1, -0.05) is 6.07 Å². The average molecular weight is 277 g/mol. The summed E-state index contributed by atoms with van der Waals surface area (Å²) in [5.41, 5.74) is 1.73. The van der Waals surface area contributed by atoms with Crippen molar-refractivity contribution in [3.05, 3.63) is 34.9 Å². The second-order valence-electron chi connectivity index (χ2n) is 4.44. The van der Waals surface area contributed by atoms with Gasteiger partial charge in [-0.3, -0.25) is 4.79 Å². The summed E-state index contributed by atoms with van der Waals surface area (Å²) in [6, 6.07) is 5.41. The Morgan fingerprint density at radius 2 is 1.90 bits per heavy atom. The summed E-state index contributed by atoms with van der Waals surface area (Å²) in [7, 11) is 0. The van der Waals surface area contributed by atoms with E-state index in [-0.39, 0.29) is 11.1 Å². The second kappa shape index (κ2) is 6.75. The van der Waals surface area contributed by atoms with Gasteiger partial charge in [-0.2, -0.15) is 0 Å². The Morgan fingerprint density at radius 3 is 2.45 bits per heavy atom. The molecule has 1 rings (SSSR count). The molecule has 1 aromatic rings. The van der Waals surface area contributed by atoms with Crippen molar-refractivity contribution < 1.29 is 19.4 Å². The molecule has 0 aliphatic heterocycles. The summed E-state index contributed by atoms with van der Waals surface area (Å²) in [4.78, 5) is 22.9. The number of carboxylic acids is 1. The molecule has 0 bridgehead atoms. The van der Waals surface area contributed by atoms with Crippen molar-refractivity contribution in [3.8, 4) is 5.75 Å². The molecular weight excluding hydrogens is 258 g/mol. The number of ether oxygens (including phenoxy) is 1. The monoisotopic (exact) mass is 277 g/mol. The minimum absolute atomic E-state index is 0.0209. The maximum atomic E-state index is 12.0. The van der Waals surface area contributed by atoms with Crippen molar-refractivity contribution >= 4 is 17.6 Å². The Balaban J connectivity index is 3.02. The number of carbonyl (C=O) groups is 2. The molecule has 0 radical (unpaired) electrons. The lowest BCUT2D eigenvalue weighted by Gasteiger charge is -2.13. The first-order valence-electron chi connectivity index (χ1n) is 6.32. The minimum Gasteiger partial charge on any atom is -0.492 e. The maximum absolute atomic E-state index is 12.0. The van der Waals surface area contributed by atoms with Crippen molar-refractivity contribution in [1.82, 2.24) is 0 Å². The molecule has 1 amide bonds. The number of hydrogen-bond acceptors (Lipinski definition) is 3. The Kier molecular flexibility index (Phi) is 5.32. The number of benzene rings is 1. The van der Waals surface area contributed by atoms with E-state index in [1.165, 1.54) is 13.8 Å². The van der Waals surface area contributed by atoms with Crippen LogP contribution in [-0.4, -0.2) is 23.6 Å². The highest BCUT2D eigenvalue weighted by atomic mass is 16.5. The van der Waals surface area contributed by atoms with Crippen LogP contribution in [-0.2, 0) is 9.59 Å². The maximum Gasteiger partial charge on any atom is 0.331 e. The van der Waals surface area contributed by atoms with Gasteiger partial charge in [-0.15, -0.1) is 0 Å². The van der Waals surface area contributed by atoms with Crippen LogP contribution in [0.5, 0.6) is 5.75 Å². The Hall–Kier alpha value is -2.30. The standard InChI is InChI=1S/C15H19NO4/c1-5-20-13-8-9(2)6-7-12(13)16-14(17)10(3)11(4)15(18)19/h6-8H,5H2,1-4H3,(H,16,17)(H,18,19). The zero-order valence-electron chi connectivity index (χ0n) is 12.1. The number of nitrogens with one attached hydrogen (secondary N) is 1. The zero-order valence-corrected chi connectivity index (χ0v) is 12.1. The summed E-state index contributed by atoms with van der Waals surface area (Å²) in [6.07, 6.45) is 0. The lowest BCUT2D eigenvalue weighted by molar-refractivity contribution is -0.133. The third-order valence-corrected chi connectivity index (χ3v) is 2.91. The molecule has 0 aliphatic rings. The Labute approximate surface area is 118 Å². The van der Waals surface area contributed by atoms with Crippen molar-refractivity contribution in [2.24, 2.45) is 0 Å². The molecule has 1 aromatic carbocycles. The molecule has 0 saturated heterocycles. The van der Waals surface area contributed by atoms with Gasteiger partial charge < -0.3 is 15.2 Å². The fourth-order valence-electron chi connectivity index (χ4n) is 1.55. The van der Waals surface area contributed by atoms with Crippen LogP contribution in [0.3, 0.4) is 0 Å². The Morgan fingerprint density at radius 1 is 1.25 bits per heavy atom. The molecule has 0 fully saturated rings. The van der Waals surface area contributed by atoms with Crippen LogP contribution in [0.15, 0.2) is 29.3 Å². The fourth-order valence-corrected chi connectivity index (χ4v) is 1.55. The molecule has 5 heteroatoms. The molecule has 5 nitrogen and oxygen atoms in total. The van der Waals surface area contributed by atoms with Crippen molar-refractivity contribution in [2.75, 3.05) is 11.9 Å². The van der Waals surface area contributed by atoms with Crippen molar-refractivity contribution in [1.29, 1.82) is 0 Å². The van der Waals surface area contributed by atoms with E-state index in [1.807, 2.05) is 26.0 Å². The highest BCUT2D eigenvalue weighted by Crippen LogP contribution is 2.26. The summed E-state index contributed by atoms with van der Waals surface area (Å²) in [5, 5.41) is 11.6. The number of hydrogen-bond donors (Lipinski definition) is 2. The predicted octanol–water partition coefficient (Wildman–Crippen LogP) is 2.75. The van der Waals surface area contributed by atoms with Gasteiger partial charge in [0.05, 0.1) is 12.3 Å². The van der Waals surface area contributed by atoms with E-state index in [9.17, 15) is 9.59 Å². The lowest BCUT2D eigenvalue weighted by Crippen LogP contribution is -2.17. The van der Waals surface area contributed by atoms with E-state index in [1.54, 1.807) is 6.07 Å². The van der Waals surface area contributed by atoms with Gasteiger partial charge in [0.15, 0.2) is 0 Å². The van der Waals surface area contributed by atoms with Crippen LogP contribution in [0, 0.1) is 6.92 Å². The quantitative estimate of drug-likeness (QED) is 0.811. The first kappa shape index (κ1) is 15.8. The largest absolute Gasteiger partial charge is 0.492 e. The highest BCUT2D eigenvalue weighted by molar-refractivity contribution is 6.08. The molecule has 20 heavy (non-hydrogen) atoms. The van der Waals surface area contributed by atoms with Crippen LogP contribution in [0.25, 0.3) is 0 Å². The van der Waals surface area contributed by atoms with Gasteiger partial charge in [0.1, 0.15) is 5.75 Å². The predicted molar refractivity (Wildman–Crippen MR) is 77.0 cm³/mol. The lowest BCUT2D eigenvalue weighted by atomic mass is 10.1. The molecule has 0 saturated carbocycles. The van der Waals surface area contributed by atoms with Crippen LogP contribution < -0.4 is 10.1 Å². The number of carboxylic acid groups (broad SMARTS) is 1.